The molecule has 18 heavy (non-hydrogen) atoms. The molecule has 1 rings (SSSR count). The number of hydrogen-bond donors (Lipinski definition) is 1. The molecule has 0 saturated carbocycles. The number of ether oxygens (including phenoxy) is 1. The Morgan fingerprint density at radius 2 is 2.17 bits per heavy atom. The van der Waals surface area contributed by atoms with Gasteiger partial charge in [-0.05, 0) is 19.4 Å². The molecule has 0 aliphatic carbocycles. The van der Waals surface area contributed by atoms with Gasteiger partial charge in [-0.25, -0.2) is 9.97 Å². The third-order valence-electron chi connectivity index (χ3n) is 2.29. The molecule has 0 aromatic carbocycles. The molecule has 0 fully saturated rings. The summed E-state index contributed by atoms with van der Waals surface area (Å²) in [4.78, 5) is 22.1. The smallest absolute Gasteiger partial charge is 0.270 e. The van der Waals surface area contributed by atoms with E-state index >= 15 is 0 Å². The first-order valence-corrected chi connectivity index (χ1v) is 5.84. The quantitative estimate of drug-likeness (QED) is 0.752. The number of aromatic nitrogens is 2. The second kappa shape index (κ2) is 6.90. The Hall–Kier alpha value is -1.69. The van der Waals surface area contributed by atoms with Crippen molar-refractivity contribution in [3.63, 3.8) is 0 Å². The van der Waals surface area contributed by atoms with Crippen LogP contribution in [0.25, 0.3) is 0 Å². The molecule has 0 radical (unpaired) electrons. The first-order valence-electron chi connectivity index (χ1n) is 5.84. The lowest BCUT2D eigenvalue weighted by Crippen LogP contribution is -2.27. The van der Waals surface area contributed by atoms with Crippen LogP contribution in [-0.2, 0) is 4.74 Å². The third-order valence-corrected chi connectivity index (χ3v) is 2.29. The Kier molecular flexibility index (Phi) is 5.51. The topological polar surface area (TPSA) is 67.3 Å². The van der Waals surface area contributed by atoms with Gasteiger partial charge in [0.15, 0.2) is 0 Å². The van der Waals surface area contributed by atoms with E-state index in [1.54, 1.807) is 18.1 Å². The van der Waals surface area contributed by atoms with E-state index in [1.165, 1.54) is 0 Å². The molecular formula is C12H20N4O2. The number of anilines is 1. The first-order chi connectivity index (χ1) is 8.54. The second-order valence-corrected chi connectivity index (χ2v) is 4.19. The lowest BCUT2D eigenvalue weighted by molar-refractivity contribution is 0.0943. The number of aryl methyl sites for hydroxylation is 1. The molecule has 1 aromatic rings. The molecule has 1 amide bonds. The van der Waals surface area contributed by atoms with Crippen molar-refractivity contribution >= 4 is 11.9 Å². The minimum atomic E-state index is -0.181. The van der Waals surface area contributed by atoms with Gasteiger partial charge in [-0.1, -0.05) is 0 Å². The molecule has 1 N–H and O–H groups in total. The summed E-state index contributed by atoms with van der Waals surface area (Å²) in [5, 5.41) is 2.80. The molecular weight excluding hydrogens is 232 g/mol. The molecule has 0 unspecified atom stereocenters. The number of hydrogen-bond acceptors (Lipinski definition) is 5. The Morgan fingerprint density at radius 3 is 2.78 bits per heavy atom. The van der Waals surface area contributed by atoms with Crippen molar-refractivity contribution in [2.24, 2.45) is 0 Å². The van der Waals surface area contributed by atoms with E-state index in [2.05, 4.69) is 15.3 Å². The van der Waals surface area contributed by atoms with Crippen LogP contribution in [0.15, 0.2) is 6.07 Å². The molecule has 0 spiro atoms. The molecule has 0 atom stereocenters. The second-order valence-electron chi connectivity index (χ2n) is 4.19. The van der Waals surface area contributed by atoms with Crippen LogP contribution >= 0.6 is 0 Å². The van der Waals surface area contributed by atoms with Gasteiger partial charge < -0.3 is 15.0 Å². The van der Waals surface area contributed by atoms with Crippen LogP contribution < -0.4 is 10.2 Å². The maximum atomic E-state index is 11.9. The monoisotopic (exact) mass is 252 g/mol. The van der Waals surface area contributed by atoms with Crippen molar-refractivity contribution in [2.45, 2.75) is 13.3 Å². The predicted molar refractivity (Wildman–Crippen MR) is 69.9 cm³/mol. The van der Waals surface area contributed by atoms with E-state index in [4.69, 9.17) is 4.74 Å². The SMILES string of the molecule is COCCCNC(=O)c1cc(C)nc(N(C)C)n1. The molecule has 6 heteroatoms. The summed E-state index contributed by atoms with van der Waals surface area (Å²) >= 11 is 0. The van der Waals surface area contributed by atoms with Crippen LogP contribution in [-0.4, -0.2) is 50.2 Å². The summed E-state index contributed by atoms with van der Waals surface area (Å²) in [6.07, 6.45) is 0.785. The molecule has 0 bridgehead atoms. The van der Waals surface area contributed by atoms with Gasteiger partial charge in [-0.3, -0.25) is 4.79 Å². The van der Waals surface area contributed by atoms with Gasteiger partial charge in [0, 0.05) is 40.1 Å². The molecule has 0 aliphatic rings. The minimum absolute atomic E-state index is 0.181. The van der Waals surface area contributed by atoms with Crippen molar-refractivity contribution in [1.82, 2.24) is 15.3 Å². The largest absolute Gasteiger partial charge is 0.385 e. The third kappa shape index (κ3) is 4.29. The number of methoxy groups -OCH3 is 1. The molecule has 0 aliphatic heterocycles. The van der Waals surface area contributed by atoms with Crippen molar-refractivity contribution in [3.05, 3.63) is 17.5 Å². The average molecular weight is 252 g/mol. The number of carbonyl (C=O) groups excluding carboxylic acids is 1. The molecule has 6 nitrogen and oxygen atoms in total. The minimum Gasteiger partial charge on any atom is -0.385 e. The van der Waals surface area contributed by atoms with E-state index < -0.39 is 0 Å². The van der Waals surface area contributed by atoms with Crippen LogP contribution in [0.4, 0.5) is 5.95 Å². The summed E-state index contributed by atoms with van der Waals surface area (Å²) in [6.45, 7) is 3.05. The zero-order valence-electron chi connectivity index (χ0n) is 11.4. The standard InChI is InChI=1S/C12H20N4O2/c1-9-8-10(15-12(14-9)16(2)3)11(17)13-6-5-7-18-4/h8H,5-7H2,1-4H3,(H,13,17). The van der Waals surface area contributed by atoms with Crippen molar-refractivity contribution < 1.29 is 9.53 Å². The van der Waals surface area contributed by atoms with Gasteiger partial charge in [-0.15, -0.1) is 0 Å². The first kappa shape index (κ1) is 14.4. The summed E-state index contributed by atoms with van der Waals surface area (Å²) in [7, 11) is 5.32. The van der Waals surface area contributed by atoms with Crippen LogP contribution in [0.2, 0.25) is 0 Å². The van der Waals surface area contributed by atoms with Crippen molar-refractivity contribution in [3.8, 4) is 0 Å². The highest BCUT2D eigenvalue weighted by Crippen LogP contribution is 2.07. The predicted octanol–water partition coefficient (Wildman–Crippen LogP) is 0.617. The number of nitrogens with one attached hydrogen (secondary N) is 1. The lowest BCUT2D eigenvalue weighted by atomic mass is 10.3. The zero-order valence-corrected chi connectivity index (χ0v) is 11.4. The Labute approximate surface area is 107 Å². The highest BCUT2D eigenvalue weighted by molar-refractivity contribution is 5.92. The Balaban J connectivity index is 2.67. The summed E-state index contributed by atoms with van der Waals surface area (Å²) in [6, 6.07) is 1.68. The zero-order chi connectivity index (χ0) is 13.5. The highest BCUT2D eigenvalue weighted by Gasteiger charge is 2.10. The molecule has 100 valence electrons. The average Bonchev–Trinajstić information content (AvgIpc) is 2.33. The van der Waals surface area contributed by atoms with Gasteiger partial charge in [0.2, 0.25) is 5.95 Å². The summed E-state index contributed by atoms with van der Waals surface area (Å²) in [5.74, 6) is 0.358. The fourth-order valence-electron chi connectivity index (χ4n) is 1.38. The van der Waals surface area contributed by atoms with E-state index in [0.29, 0.717) is 24.8 Å². The van der Waals surface area contributed by atoms with Gasteiger partial charge >= 0.3 is 0 Å². The van der Waals surface area contributed by atoms with Gasteiger partial charge in [0.25, 0.3) is 5.91 Å². The highest BCUT2D eigenvalue weighted by atomic mass is 16.5. The van der Waals surface area contributed by atoms with Crippen molar-refractivity contribution in [1.29, 1.82) is 0 Å². The fraction of sp³-hybridized carbons (Fsp3) is 0.583. The van der Waals surface area contributed by atoms with Crippen LogP contribution in [0.1, 0.15) is 22.6 Å². The molecule has 1 heterocycles. The maximum Gasteiger partial charge on any atom is 0.270 e. The van der Waals surface area contributed by atoms with Crippen LogP contribution in [0, 0.1) is 6.92 Å². The lowest BCUT2D eigenvalue weighted by Gasteiger charge is -2.12. The van der Waals surface area contributed by atoms with E-state index in [-0.39, 0.29) is 5.91 Å². The van der Waals surface area contributed by atoms with E-state index in [0.717, 1.165) is 12.1 Å². The van der Waals surface area contributed by atoms with Gasteiger partial charge in [0.05, 0.1) is 0 Å². The number of nitrogens with zero attached hydrogens (tertiary/aromatic N) is 3. The number of amides is 1. The van der Waals surface area contributed by atoms with Crippen LogP contribution in [0.3, 0.4) is 0 Å². The number of carbonyl (C=O) groups is 1. The van der Waals surface area contributed by atoms with Gasteiger partial charge in [0.1, 0.15) is 5.69 Å². The summed E-state index contributed by atoms with van der Waals surface area (Å²) in [5.41, 5.74) is 1.17. The van der Waals surface area contributed by atoms with Crippen molar-refractivity contribution in [2.75, 3.05) is 39.3 Å². The van der Waals surface area contributed by atoms with E-state index in [9.17, 15) is 4.79 Å². The Bertz CT molecular complexity index is 407. The summed E-state index contributed by atoms with van der Waals surface area (Å²) < 4.78 is 4.92. The van der Waals surface area contributed by atoms with Gasteiger partial charge in [-0.2, -0.15) is 0 Å². The fourth-order valence-corrected chi connectivity index (χ4v) is 1.38. The molecule has 1 aromatic heterocycles. The van der Waals surface area contributed by atoms with E-state index in [1.807, 2.05) is 21.0 Å². The number of rotatable bonds is 6. The normalized spacial score (nSPS) is 10.2. The Morgan fingerprint density at radius 1 is 1.44 bits per heavy atom. The van der Waals surface area contributed by atoms with Crippen LogP contribution in [0.5, 0.6) is 0 Å². The maximum absolute atomic E-state index is 11.9. The molecule has 0 saturated heterocycles.